The molecule has 1 amide bonds. The van der Waals surface area contributed by atoms with Crippen molar-refractivity contribution in [2.24, 2.45) is 0 Å². The van der Waals surface area contributed by atoms with Gasteiger partial charge in [-0.25, -0.2) is 4.79 Å². The lowest BCUT2D eigenvalue weighted by Crippen LogP contribution is -2.13. The highest BCUT2D eigenvalue weighted by Gasteiger charge is 2.09. The van der Waals surface area contributed by atoms with Crippen molar-refractivity contribution >= 4 is 23.6 Å². The maximum atomic E-state index is 12.1. The first-order valence-electron chi connectivity index (χ1n) is 6.30. The van der Waals surface area contributed by atoms with E-state index in [0.29, 0.717) is 16.9 Å². The number of carbonyl (C=O) groups excluding carboxylic acids is 1. The summed E-state index contributed by atoms with van der Waals surface area (Å²) in [6, 6.07) is 10.3. The van der Waals surface area contributed by atoms with E-state index in [0.717, 1.165) is 11.6 Å². The maximum Gasteiger partial charge on any atom is 0.328 e. The summed E-state index contributed by atoms with van der Waals surface area (Å²) in [7, 11) is 0. The van der Waals surface area contributed by atoms with Crippen molar-refractivity contribution in [2.75, 3.05) is 5.32 Å². The third kappa shape index (κ3) is 4.01. The highest BCUT2D eigenvalue weighted by atomic mass is 16.4. The molecular weight excluding hydrogens is 268 g/mol. The summed E-state index contributed by atoms with van der Waals surface area (Å²) in [4.78, 5) is 26.6. The van der Waals surface area contributed by atoms with Crippen LogP contribution in [0.3, 0.4) is 0 Å². The van der Waals surface area contributed by atoms with Crippen LogP contribution in [-0.4, -0.2) is 22.0 Å². The van der Waals surface area contributed by atoms with Gasteiger partial charge in [-0.3, -0.25) is 9.78 Å². The van der Waals surface area contributed by atoms with Crippen molar-refractivity contribution in [3.63, 3.8) is 0 Å². The molecule has 0 saturated carbocycles. The SMILES string of the molecule is Cc1ncccc1C(=O)Nc1ccc(/C=C/C(=O)O)cc1. The number of pyridine rings is 1. The Kier molecular flexibility index (Phi) is 4.46. The third-order valence-electron chi connectivity index (χ3n) is 2.84. The molecule has 106 valence electrons. The van der Waals surface area contributed by atoms with E-state index in [1.54, 1.807) is 49.5 Å². The molecular formula is C16H14N2O3. The van der Waals surface area contributed by atoms with Gasteiger partial charge in [0.05, 0.1) is 5.56 Å². The number of rotatable bonds is 4. The van der Waals surface area contributed by atoms with Crippen LogP contribution in [0.15, 0.2) is 48.7 Å². The van der Waals surface area contributed by atoms with Gasteiger partial charge < -0.3 is 10.4 Å². The lowest BCUT2D eigenvalue weighted by Gasteiger charge is -2.07. The Hall–Kier alpha value is -2.95. The van der Waals surface area contributed by atoms with Crippen LogP contribution in [0.1, 0.15) is 21.6 Å². The molecule has 0 aliphatic heterocycles. The van der Waals surface area contributed by atoms with E-state index < -0.39 is 5.97 Å². The van der Waals surface area contributed by atoms with Crippen molar-refractivity contribution in [1.29, 1.82) is 0 Å². The molecule has 1 heterocycles. The summed E-state index contributed by atoms with van der Waals surface area (Å²) in [6.45, 7) is 1.77. The maximum absolute atomic E-state index is 12.1. The molecule has 1 aromatic carbocycles. The van der Waals surface area contributed by atoms with Crippen molar-refractivity contribution in [2.45, 2.75) is 6.92 Å². The van der Waals surface area contributed by atoms with Gasteiger partial charge in [-0.1, -0.05) is 12.1 Å². The highest BCUT2D eigenvalue weighted by molar-refractivity contribution is 6.05. The van der Waals surface area contributed by atoms with Gasteiger partial charge in [0, 0.05) is 23.7 Å². The number of aliphatic carboxylic acids is 1. The van der Waals surface area contributed by atoms with E-state index >= 15 is 0 Å². The van der Waals surface area contributed by atoms with Crippen molar-refractivity contribution < 1.29 is 14.7 Å². The van der Waals surface area contributed by atoms with Crippen LogP contribution in [0.5, 0.6) is 0 Å². The first-order valence-corrected chi connectivity index (χ1v) is 6.30. The molecule has 0 aliphatic carbocycles. The number of hydrogen-bond donors (Lipinski definition) is 2. The molecule has 0 spiro atoms. The minimum absolute atomic E-state index is 0.227. The first kappa shape index (κ1) is 14.5. The van der Waals surface area contributed by atoms with Crippen molar-refractivity contribution in [3.05, 3.63) is 65.5 Å². The number of anilines is 1. The summed E-state index contributed by atoms with van der Waals surface area (Å²) in [6.07, 6.45) is 4.18. The van der Waals surface area contributed by atoms with Crippen molar-refractivity contribution in [1.82, 2.24) is 4.98 Å². The van der Waals surface area contributed by atoms with E-state index in [1.807, 2.05) is 0 Å². The average Bonchev–Trinajstić information content (AvgIpc) is 2.47. The Morgan fingerprint density at radius 3 is 2.52 bits per heavy atom. The predicted molar refractivity (Wildman–Crippen MR) is 80.0 cm³/mol. The zero-order valence-corrected chi connectivity index (χ0v) is 11.4. The van der Waals surface area contributed by atoms with Crippen LogP contribution in [-0.2, 0) is 4.79 Å². The smallest absolute Gasteiger partial charge is 0.328 e. The Morgan fingerprint density at radius 2 is 1.90 bits per heavy atom. The quantitative estimate of drug-likeness (QED) is 0.845. The molecule has 0 atom stereocenters. The topological polar surface area (TPSA) is 79.3 Å². The van der Waals surface area contributed by atoms with Crippen LogP contribution < -0.4 is 5.32 Å². The molecule has 5 heteroatoms. The minimum atomic E-state index is -1.00. The van der Waals surface area contributed by atoms with E-state index in [4.69, 9.17) is 5.11 Å². The Morgan fingerprint density at radius 1 is 1.19 bits per heavy atom. The number of carboxylic acid groups (broad SMARTS) is 1. The largest absolute Gasteiger partial charge is 0.478 e. The lowest BCUT2D eigenvalue weighted by atomic mass is 10.1. The fraction of sp³-hybridized carbons (Fsp3) is 0.0625. The first-order chi connectivity index (χ1) is 10.1. The second-order valence-electron chi connectivity index (χ2n) is 4.38. The van der Waals surface area contributed by atoms with Crippen LogP contribution in [0, 0.1) is 6.92 Å². The molecule has 2 N–H and O–H groups in total. The number of aromatic nitrogens is 1. The van der Waals surface area contributed by atoms with Gasteiger partial charge in [-0.15, -0.1) is 0 Å². The van der Waals surface area contributed by atoms with Gasteiger partial charge in [-0.05, 0) is 42.8 Å². The molecule has 21 heavy (non-hydrogen) atoms. The van der Waals surface area contributed by atoms with Gasteiger partial charge in [0.25, 0.3) is 5.91 Å². The molecule has 0 bridgehead atoms. The number of nitrogens with one attached hydrogen (secondary N) is 1. The van der Waals surface area contributed by atoms with E-state index in [9.17, 15) is 9.59 Å². The molecule has 0 fully saturated rings. The van der Waals surface area contributed by atoms with E-state index in [-0.39, 0.29) is 5.91 Å². The van der Waals surface area contributed by atoms with E-state index in [1.165, 1.54) is 6.08 Å². The number of carbonyl (C=O) groups is 2. The Balaban J connectivity index is 2.09. The highest BCUT2D eigenvalue weighted by Crippen LogP contribution is 2.13. The van der Waals surface area contributed by atoms with Gasteiger partial charge in [-0.2, -0.15) is 0 Å². The summed E-state index contributed by atoms with van der Waals surface area (Å²) in [5.74, 6) is -1.23. The van der Waals surface area contributed by atoms with Crippen LogP contribution in [0.2, 0.25) is 0 Å². The predicted octanol–water partition coefficient (Wildman–Crippen LogP) is 2.74. The fourth-order valence-corrected chi connectivity index (χ4v) is 1.77. The normalized spacial score (nSPS) is 10.5. The van der Waals surface area contributed by atoms with Crippen LogP contribution in [0.4, 0.5) is 5.69 Å². The average molecular weight is 282 g/mol. The summed E-state index contributed by atoms with van der Waals surface area (Å²) in [5, 5.41) is 11.3. The summed E-state index contributed by atoms with van der Waals surface area (Å²) in [5.41, 5.74) is 2.56. The monoisotopic (exact) mass is 282 g/mol. The van der Waals surface area contributed by atoms with E-state index in [2.05, 4.69) is 10.3 Å². The number of carboxylic acids is 1. The Bertz CT molecular complexity index is 691. The number of aryl methyl sites for hydroxylation is 1. The molecule has 5 nitrogen and oxygen atoms in total. The zero-order chi connectivity index (χ0) is 15.2. The molecule has 1 aromatic heterocycles. The Labute approximate surface area is 122 Å². The minimum Gasteiger partial charge on any atom is -0.478 e. The lowest BCUT2D eigenvalue weighted by molar-refractivity contribution is -0.131. The van der Waals surface area contributed by atoms with Crippen LogP contribution in [0.25, 0.3) is 6.08 Å². The van der Waals surface area contributed by atoms with Gasteiger partial charge in [0.2, 0.25) is 0 Å². The second-order valence-corrected chi connectivity index (χ2v) is 4.38. The fourth-order valence-electron chi connectivity index (χ4n) is 1.77. The summed E-state index contributed by atoms with van der Waals surface area (Å²) >= 11 is 0. The molecule has 2 rings (SSSR count). The number of amides is 1. The molecule has 0 unspecified atom stereocenters. The van der Waals surface area contributed by atoms with Gasteiger partial charge >= 0.3 is 5.97 Å². The molecule has 2 aromatic rings. The third-order valence-corrected chi connectivity index (χ3v) is 2.84. The molecule has 0 aliphatic rings. The summed E-state index contributed by atoms with van der Waals surface area (Å²) < 4.78 is 0. The standard InChI is InChI=1S/C16H14N2O3/c1-11-14(3-2-10-17-11)16(21)18-13-7-4-12(5-8-13)6-9-15(19)20/h2-10H,1H3,(H,18,21)(H,19,20)/b9-6+. The number of nitrogens with zero attached hydrogens (tertiary/aromatic N) is 1. The number of benzene rings is 1. The van der Waals surface area contributed by atoms with Gasteiger partial charge in [0.1, 0.15) is 0 Å². The molecule has 0 radical (unpaired) electrons. The number of hydrogen-bond acceptors (Lipinski definition) is 3. The second kappa shape index (κ2) is 6.47. The van der Waals surface area contributed by atoms with Crippen LogP contribution >= 0.6 is 0 Å². The van der Waals surface area contributed by atoms with Crippen molar-refractivity contribution in [3.8, 4) is 0 Å². The zero-order valence-electron chi connectivity index (χ0n) is 11.4. The van der Waals surface area contributed by atoms with Gasteiger partial charge in [0.15, 0.2) is 0 Å². The molecule has 0 saturated heterocycles.